The highest BCUT2D eigenvalue weighted by molar-refractivity contribution is 7.95. The second kappa shape index (κ2) is 14.9. The number of nitrogens with one attached hydrogen (secondary N) is 3. The van der Waals surface area contributed by atoms with Gasteiger partial charge in [0.25, 0.3) is 0 Å². The van der Waals surface area contributed by atoms with Crippen LogP contribution in [-0.2, 0) is 9.59 Å². The van der Waals surface area contributed by atoms with E-state index in [1.807, 2.05) is 51.1 Å². The van der Waals surface area contributed by atoms with Crippen LogP contribution in [0, 0.1) is 18.6 Å². The minimum Gasteiger partial charge on any atom is -0.343 e. The Hall–Kier alpha value is -3.35. The van der Waals surface area contributed by atoms with Gasteiger partial charge in [-0.2, -0.15) is 0 Å². The van der Waals surface area contributed by atoms with Crippen LogP contribution in [0.3, 0.4) is 0 Å². The number of thiazole rings is 1. The van der Waals surface area contributed by atoms with Gasteiger partial charge in [0.05, 0.1) is 27.7 Å². The standard InChI is InChI=1S/C29H26ClF2N5O2S2.C2H6/c1-16-26(40-29(33-16)19-10-6-7-11-21(19)31)25(17-8-4-3-5-9-17)35-27(38)23-15-24(37(2)41-36-23)28(39)34-18-12-13-22(32)20(30)14-18;1-2/h3-14,23-25,36H,15H2,1-2H3,(H,34,39)(H,35,38);1-2H3. The summed E-state index contributed by atoms with van der Waals surface area (Å²) in [6, 6.07) is 18.0. The van der Waals surface area contributed by atoms with Gasteiger partial charge in [0.2, 0.25) is 11.8 Å². The van der Waals surface area contributed by atoms with Gasteiger partial charge in [-0.25, -0.2) is 22.8 Å². The fourth-order valence-corrected chi connectivity index (χ4v) is 6.64. The summed E-state index contributed by atoms with van der Waals surface area (Å²) >= 11 is 8.34. The van der Waals surface area contributed by atoms with E-state index in [2.05, 4.69) is 20.3 Å². The van der Waals surface area contributed by atoms with Gasteiger partial charge in [0, 0.05) is 23.4 Å². The van der Waals surface area contributed by atoms with Crippen LogP contribution < -0.4 is 15.4 Å². The lowest BCUT2D eigenvalue weighted by Crippen LogP contribution is -2.54. The first kappa shape index (κ1) is 32.6. The molecule has 3 aromatic carbocycles. The van der Waals surface area contributed by atoms with E-state index in [9.17, 15) is 18.4 Å². The molecular weight excluding hydrogens is 612 g/mol. The Morgan fingerprint density at radius 2 is 1.72 bits per heavy atom. The average Bonchev–Trinajstić information content (AvgIpc) is 3.40. The molecule has 4 aromatic rings. The predicted octanol–water partition coefficient (Wildman–Crippen LogP) is 7.15. The van der Waals surface area contributed by atoms with Crippen LogP contribution in [0.4, 0.5) is 14.5 Å². The van der Waals surface area contributed by atoms with Crippen molar-refractivity contribution in [3.05, 3.63) is 106 Å². The third kappa shape index (κ3) is 7.79. The molecule has 0 saturated carbocycles. The van der Waals surface area contributed by atoms with Gasteiger partial charge in [-0.3, -0.25) is 9.59 Å². The van der Waals surface area contributed by atoms with E-state index in [4.69, 9.17) is 11.6 Å². The molecule has 0 radical (unpaired) electrons. The van der Waals surface area contributed by atoms with Gasteiger partial charge in [0.15, 0.2) is 0 Å². The molecule has 1 saturated heterocycles. The van der Waals surface area contributed by atoms with Crippen molar-refractivity contribution in [3.8, 4) is 10.6 Å². The first-order chi connectivity index (χ1) is 20.7. The number of rotatable bonds is 7. The maximum atomic E-state index is 14.5. The summed E-state index contributed by atoms with van der Waals surface area (Å²) < 4.78 is 32.9. The normalized spacial score (nSPS) is 17.4. The summed E-state index contributed by atoms with van der Waals surface area (Å²) in [6.45, 7) is 5.84. The minimum atomic E-state index is -0.700. The van der Waals surface area contributed by atoms with Gasteiger partial charge in [-0.15, -0.1) is 11.3 Å². The van der Waals surface area contributed by atoms with E-state index in [0.29, 0.717) is 22.0 Å². The second-order valence-corrected chi connectivity index (χ2v) is 11.9. The van der Waals surface area contributed by atoms with Crippen molar-refractivity contribution in [2.75, 3.05) is 12.4 Å². The smallest absolute Gasteiger partial charge is 0.242 e. The molecule has 3 atom stereocenters. The van der Waals surface area contributed by atoms with Crippen molar-refractivity contribution in [2.45, 2.75) is 45.3 Å². The zero-order valence-electron chi connectivity index (χ0n) is 24.0. The number of aromatic nitrogens is 1. The largest absolute Gasteiger partial charge is 0.343 e. The number of likely N-dealkylation sites (N-methyl/N-ethyl adjacent to an activating group) is 1. The van der Waals surface area contributed by atoms with E-state index in [0.717, 1.165) is 22.6 Å². The number of hydrogen-bond donors (Lipinski definition) is 3. The quantitative estimate of drug-likeness (QED) is 0.186. The maximum Gasteiger partial charge on any atom is 0.242 e. The first-order valence-corrected chi connectivity index (χ1v) is 15.7. The molecule has 0 spiro atoms. The van der Waals surface area contributed by atoms with E-state index >= 15 is 0 Å². The van der Waals surface area contributed by atoms with Crippen molar-refractivity contribution in [1.82, 2.24) is 19.3 Å². The third-order valence-electron chi connectivity index (χ3n) is 6.66. The zero-order valence-corrected chi connectivity index (χ0v) is 26.4. The fourth-order valence-electron chi connectivity index (χ4n) is 4.48. The highest BCUT2D eigenvalue weighted by atomic mass is 35.5. The molecule has 2 heterocycles. The lowest BCUT2D eigenvalue weighted by molar-refractivity contribution is -0.124. The van der Waals surface area contributed by atoms with Crippen LogP contribution in [0.2, 0.25) is 5.02 Å². The Labute approximate surface area is 263 Å². The van der Waals surface area contributed by atoms with Crippen LogP contribution in [0.15, 0.2) is 72.8 Å². The Morgan fingerprint density at radius 1 is 1.02 bits per heavy atom. The number of aryl methyl sites for hydroxylation is 1. The number of carbonyl (C=O) groups is 2. The average molecular weight is 644 g/mol. The Morgan fingerprint density at radius 3 is 2.42 bits per heavy atom. The number of halogens is 3. The molecular formula is C31H32ClF2N5O2S2. The summed E-state index contributed by atoms with van der Waals surface area (Å²) in [4.78, 5) is 32.2. The van der Waals surface area contributed by atoms with Gasteiger partial charge < -0.3 is 10.6 Å². The van der Waals surface area contributed by atoms with Gasteiger partial charge in [0.1, 0.15) is 22.7 Å². The third-order valence-corrected chi connectivity index (χ3v) is 9.14. The van der Waals surface area contributed by atoms with Crippen molar-refractivity contribution in [1.29, 1.82) is 0 Å². The van der Waals surface area contributed by atoms with Gasteiger partial charge >= 0.3 is 0 Å². The molecule has 1 fully saturated rings. The Kier molecular flexibility index (Phi) is 11.3. The molecule has 2 amide bonds. The van der Waals surface area contributed by atoms with Crippen LogP contribution in [0.25, 0.3) is 10.6 Å². The summed E-state index contributed by atoms with van der Waals surface area (Å²) in [5.41, 5.74) is 2.28. The molecule has 43 heavy (non-hydrogen) atoms. The van der Waals surface area contributed by atoms with Crippen LogP contribution in [0.1, 0.15) is 42.4 Å². The van der Waals surface area contributed by atoms with E-state index in [1.54, 1.807) is 29.6 Å². The highest BCUT2D eigenvalue weighted by Crippen LogP contribution is 2.36. The van der Waals surface area contributed by atoms with Crippen LogP contribution in [-0.4, -0.2) is 40.2 Å². The molecule has 1 aromatic heterocycles. The number of benzene rings is 3. The molecule has 3 N–H and O–H groups in total. The molecule has 5 rings (SSSR count). The minimum absolute atomic E-state index is 0.100. The zero-order chi connectivity index (χ0) is 31.1. The van der Waals surface area contributed by atoms with Gasteiger partial charge in [-0.05, 0) is 56.3 Å². The number of amides is 2. The van der Waals surface area contributed by atoms with Crippen molar-refractivity contribution >= 4 is 52.6 Å². The van der Waals surface area contributed by atoms with E-state index in [-0.39, 0.29) is 29.1 Å². The lowest BCUT2D eigenvalue weighted by atomic mass is 10.0. The second-order valence-electron chi connectivity index (χ2n) is 9.48. The van der Waals surface area contributed by atoms with Gasteiger partial charge in [-0.1, -0.05) is 67.9 Å². The molecule has 3 unspecified atom stereocenters. The molecule has 1 aliphatic heterocycles. The maximum absolute atomic E-state index is 14.5. The number of hydrogen-bond acceptors (Lipinski definition) is 7. The molecule has 0 bridgehead atoms. The van der Waals surface area contributed by atoms with Crippen LogP contribution in [0.5, 0.6) is 0 Å². The number of nitrogens with zero attached hydrogens (tertiary/aromatic N) is 2. The molecule has 7 nitrogen and oxygen atoms in total. The lowest BCUT2D eigenvalue weighted by Gasteiger charge is -2.35. The van der Waals surface area contributed by atoms with E-state index < -0.39 is 23.9 Å². The summed E-state index contributed by atoms with van der Waals surface area (Å²) in [6.07, 6.45) is 0.180. The summed E-state index contributed by atoms with van der Waals surface area (Å²) in [7, 11) is 1.74. The molecule has 1 aliphatic rings. The SMILES string of the molecule is CC.Cc1nc(-c2ccccc2F)sc1C(NC(=O)C1CC(C(=O)Nc2ccc(F)c(Cl)c2)N(C)SN1)c1ccccc1. The first-order valence-electron chi connectivity index (χ1n) is 13.7. The summed E-state index contributed by atoms with van der Waals surface area (Å²) in [5, 5.41) is 6.30. The Balaban J connectivity index is 0.00000207. The Bertz CT molecular complexity index is 1570. The van der Waals surface area contributed by atoms with Crippen molar-refractivity contribution in [2.24, 2.45) is 0 Å². The number of anilines is 1. The number of carbonyl (C=O) groups excluding carboxylic acids is 2. The van der Waals surface area contributed by atoms with Crippen molar-refractivity contribution < 1.29 is 18.4 Å². The van der Waals surface area contributed by atoms with Crippen molar-refractivity contribution in [3.63, 3.8) is 0 Å². The molecule has 0 aliphatic carbocycles. The predicted molar refractivity (Wildman–Crippen MR) is 171 cm³/mol. The summed E-state index contributed by atoms with van der Waals surface area (Å²) in [5.74, 6) is -1.61. The fraction of sp³-hybridized carbons (Fsp3) is 0.258. The monoisotopic (exact) mass is 643 g/mol. The topological polar surface area (TPSA) is 86.4 Å². The molecule has 226 valence electrons. The highest BCUT2D eigenvalue weighted by Gasteiger charge is 2.37. The molecule has 12 heteroatoms. The van der Waals surface area contributed by atoms with Crippen LogP contribution >= 0.6 is 35.1 Å². The van der Waals surface area contributed by atoms with E-state index in [1.165, 1.54) is 35.6 Å².